The lowest BCUT2D eigenvalue weighted by molar-refractivity contribution is -0.697. The number of hydrogen-bond donors (Lipinski definition) is 0. The maximum absolute atomic E-state index is 2.28. The highest BCUT2D eigenvalue weighted by molar-refractivity contribution is 5.11. The fraction of sp³-hybridized carbons (Fsp3) is 0.542. The lowest BCUT2D eigenvalue weighted by Crippen LogP contribution is -2.32. The van der Waals surface area contributed by atoms with Crippen molar-refractivity contribution in [3.05, 3.63) is 66.5 Å². The van der Waals surface area contributed by atoms with Gasteiger partial charge in [-0.3, -0.25) is 0 Å². The van der Waals surface area contributed by atoms with Crippen LogP contribution in [0.2, 0.25) is 0 Å². The molecule has 1 aromatic heterocycles. The highest BCUT2D eigenvalue weighted by atomic mass is 14.9. The van der Waals surface area contributed by atoms with E-state index in [0.717, 1.165) is 0 Å². The number of rotatable bonds is 11. The van der Waals surface area contributed by atoms with Crippen molar-refractivity contribution in [3.63, 3.8) is 0 Å². The fourth-order valence-electron chi connectivity index (χ4n) is 2.90. The maximum atomic E-state index is 2.28. The van der Waals surface area contributed by atoms with Gasteiger partial charge in [-0.2, -0.15) is 0 Å². The third-order valence-electron chi connectivity index (χ3n) is 4.49. The minimum atomic E-state index is 1.18. The molecule has 0 saturated carbocycles. The number of pyridine rings is 1. The molecule has 0 atom stereocenters. The second kappa shape index (κ2) is 15.9. The molecule has 0 aliphatic heterocycles. The van der Waals surface area contributed by atoms with Crippen LogP contribution in [0.3, 0.4) is 0 Å². The molecule has 0 aliphatic rings. The van der Waals surface area contributed by atoms with Crippen LogP contribution >= 0.6 is 0 Å². The van der Waals surface area contributed by atoms with Crippen molar-refractivity contribution in [1.82, 2.24) is 0 Å². The first kappa shape index (κ1) is 21.4. The lowest BCUT2D eigenvalue weighted by Gasteiger charge is -2.01. The quantitative estimate of drug-likeness (QED) is 0.310. The summed E-state index contributed by atoms with van der Waals surface area (Å²) >= 11 is 0. The number of aromatic nitrogens is 1. The van der Waals surface area contributed by atoms with Crippen LogP contribution in [0.25, 0.3) is 0 Å². The highest BCUT2D eigenvalue weighted by Crippen LogP contribution is 2.10. The van der Waals surface area contributed by atoms with E-state index in [0.29, 0.717) is 0 Å². The zero-order chi connectivity index (χ0) is 18.0. The molecule has 2 rings (SSSR count). The molecule has 0 fully saturated rings. The fourth-order valence-corrected chi connectivity index (χ4v) is 2.90. The van der Waals surface area contributed by atoms with E-state index in [2.05, 4.69) is 61.1 Å². The third kappa shape index (κ3) is 13.3. The summed E-state index contributed by atoms with van der Waals surface area (Å²) in [6, 6.07) is 16.6. The maximum Gasteiger partial charge on any atom is 0.168 e. The molecule has 1 heterocycles. The van der Waals surface area contributed by atoms with Gasteiger partial charge in [-0.25, -0.2) is 4.57 Å². The Kier molecular flexibility index (Phi) is 13.6. The van der Waals surface area contributed by atoms with Crippen LogP contribution in [0.1, 0.15) is 76.7 Å². The summed E-state index contributed by atoms with van der Waals surface area (Å²) in [6.07, 6.45) is 18.5. The van der Waals surface area contributed by atoms with Gasteiger partial charge in [0, 0.05) is 18.6 Å². The van der Waals surface area contributed by atoms with Gasteiger partial charge in [-0.15, -0.1) is 0 Å². The Morgan fingerprint density at radius 2 is 1.08 bits per heavy atom. The first-order chi connectivity index (χ1) is 12.3. The number of benzene rings is 1. The molecule has 0 radical (unpaired) electrons. The molecular weight excluding hydrogens is 302 g/mol. The molecule has 0 unspecified atom stereocenters. The number of aryl methyl sites for hydroxylation is 2. The minimum absolute atomic E-state index is 1.18. The summed E-state index contributed by atoms with van der Waals surface area (Å²) in [5.74, 6) is 0. The molecule has 1 heteroatoms. The predicted octanol–water partition coefficient (Wildman–Crippen LogP) is 6.89. The van der Waals surface area contributed by atoms with Crippen LogP contribution < -0.4 is 4.57 Å². The first-order valence-electron chi connectivity index (χ1n) is 10.3. The summed E-state index contributed by atoms with van der Waals surface area (Å²) in [7, 11) is 0. The van der Waals surface area contributed by atoms with Gasteiger partial charge in [0.1, 0.15) is 6.54 Å². The molecule has 0 amide bonds. The van der Waals surface area contributed by atoms with Gasteiger partial charge in [-0.05, 0) is 13.3 Å². The van der Waals surface area contributed by atoms with Crippen LogP contribution in [0.4, 0.5) is 0 Å². The summed E-state index contributed by atoms with van der Waals surface area (Å²) < 4.78 is 2.28. The number of hydrogen-bond acceptors (Lipinski definition) is 0. The average molecular weight is 341 g/mol. The molecule has 0 spiro atoms. The Balaban J connectivity index is 0.000000370. The van der Waals surface area contributed by atoms with Crippen LogP contribution in [-0.2, 0) is 6.54 Å². The molecule has 25 heavy (non-hydrogen) atoms. The predicted molar refractivity (Wildman–Crippen MR) is 110 cm³/mol. The van der Waals surface area contributed by atoms with Gasteiger partial charge in [0.25, 0.3) is 0 Å². The van der Waals surface area contributed by atoms with E-state index in [4.69, 9.17) is 0 Å². The van der Waals surface area contributed by atoms with Gasteiger partial charge in [0.2, 0.25) is 0 Å². The lowest BCUT2D eigenvalue weighted by atomic mass is 10.1. The summed E-state index contributed by atoms with van der Waals surface area (Å²) in [5, 5.41) is 0. The van der Waals surface area contributed by atoms with E-state index in [-0.39, 0.29) is 0 Å². The summed E-state index contributed by atoms with van der Waals surface area (Å²) in [4.78, 5) is 0. The number of nitrogens with zero attached hydrogens (tertiary/aromatic N) is 1. The second-order valence-corrected chi connectivity index (χ2v) is 6.95. The Hall–Kier alpha value is -1.63. The van der Waals surface area contributed by atoms with Crippen LogP contribution in [-0.4, -0.2) is 0 Å². The largest absolute Gasteiger partial charge is 0.205 e. The van der Waals surface area contributed by atoms with Gasteiger partial charge in [0.15, 0.2) is 12.4 Å². The summed E-state index contributed by atoms with van der Waals surface area (Å²) in [6.45, 7) is 5.54. The second-order valence-electron chi connectivity index (χ2n) is 6.95. The summed E-state index contributed by atoms with van der Waals surface area (Å²) in [5.41, 5.74) is 1.32. The minimum Gasteiger partial charge on any atom is -0.205 e. The molecule has 1 aromatic carbocycles. The van der Waals surface area contributed by atoms with E-state index in [1.165, 1.54) is 76.3 Å². The van der Waals surface area contributed by atoms with Crippen molar-refractivity contribution in [2.75, 3.05) is 0 Å². The zero-order valence-corrected chi connectivity index (χ0v) is 16.5. The highest BCUT2D eigenvalue weighted by Gasteiger charge is 1.97. The Morgan fingerprint density at radius 1 is 0.600 bits per heavy atom. The molecular formula is C24H38N+. The van der Waals surface area contributed by atoms with Gasteiger partial charge in [0.05, 0.1) is 0 Å². The van der Waals surface area contributed by atoms with Crippen LogP contribution in [0, 0.1) is 6.92 Å². The van der Waals surface area contributed by atoms with Crippen molar-refractivity contribution in [1.29, 1.82) is 0 Å². The molecule has 0 bridgehead atoms. The smallest absolute Gasteiger partial charge is 0.168 e. The van der Waals surface area contributed by atoms with Crippen molar-refractivity contribution in [2.24, 2.45) is 0 Å². The van der Waals surface area contributed by atoms with E-state index in [1.807, 2.05) is 18.2 Å². The van der Waals surface area contributed by atoms with E-state index in [9.17, 15) is 0 Å². The zero-order valence-electron chi connectivity index (χ0n) is 16.5. The molecule has 0 saturated heterocycles. The van der Waals surface area contributed by atoms with Gasteiger partial charge < -0.3 is 0 Å². The van der Waals surface area contributed by atoms with Gasteiger partial charge in [-0.1, -0.05) is 100 Å². The average Bonchev–Trinajstić information content (AvgIpc) is 2.65. The van der Waals surface area contributed by atoms with Crippen LogP contribution in [0.5, 0.6) is 0 Å². The van der Waals surface area contributed by atoms with E-state index >= 15 is 0 Å². The van der Waals surface area contributed by atoms with E-state index in [1.54, 1.807) is 0 Å². The molecule has 2 aromatic rings. The monoisotopic (exact) mass is 340 g/mol. The normalized spacial score (nSPS) is 10.2. The Labute approximate surface area is 156 Å². The van der Waals surface area contributed by atoms with Crippen molar-refractivity contribution in [2.45, 2.75) is 84.6 Å². The van der Waals surface area contributed by atoms with Crippen molar-refractivity contribution < 1.29 is 4.57 Å². The molecule has 138 valence electrons. The Morgan fingerprint density at radius 3 is 1.56 bits per heavy atom. The standard InChI is InChI=1S/C17H30N.C7H8/c1-2-3-4-5-6-7-8-9-10-12-15-18-16-13-11-14-17-18;1-7-5-3-2-4-6-7/h11,13-14,16-17H,2-10,12,15H2,1H3;2-6H,1H3/q+1;. The number of unbranched alkanes of at least 4 members (excludes halogenated alkanes) is 9. The molecule has 0 aliphatic carbocycles. The van der Waals surface area contributed by atoms with Crippen LogP contribution in [0.15, 0.2) is 60.9 Å². The first-order valence-corrected chi connectivity index (χ1v) is 10.3. The third-order valence-corrected chi connectivity index (χ3v) is 4.49. The topological polar surface area (TPSA) is 3.88 Å². The van der Waals surface area contributed by atoms with E-state index < -0.39 is 0 Å². The molecule has 0 N–H and O–H groups in total. The molecule has 1 nitrogen and oxygen atoms in total. The van der Waals surface area contributed by atoms with Crippen molar-refractivity contribution >= 4 is 0 Å². The Bertz CT molecular complexity index is 492. The van der Waals surface area contributed by atoms with Crippen molar-refractivity contribution in [3.8, 4) is 0 Å². The SMILES string of the molecule is CCCCCCCCCCCC[n+]1ccccc1.Cc1ccccc1. The van der Waals surface area contributed by atoms with Gasteiger partial charge >= 0.3 is 0 Å².